The quantitative estimate of drug-likeness (QED) is 0.174. The molecular formula is C36H39BrF2N4O4. The van der Waals surface area contributed by atoms with Crippen LogP contribution in [-0.4, -0.2) is 60.9 Å². The van der Waals surface area contributed by atoms with Crippen molar-refractivity contribution >= 4 is 50.2 Å². The van der Waals surface area contributed by atoms with E-state index >= 15 is 0 Å². The Morgan fingerprint density at radius 2 is 1.70 bits per heavy atom. The zero-order chi connectivity index (χ0) is 33.5. The fourth-order valence-corrected chi connectivity index (χ4v) is 6.61. The lowest BCUT2D eigenvalue weighted by atomic mass is 9.89. The summed E-state index contributed by atoms with van der Waals surface area (Å²) in [5, 5.41) is 3.71. The van der Waals surface area contributed by atoms with Crippen LogP contribution in [0, 0.1) is 17.6 Å². The van der Waals surface area contributed by atoms with Crippen molar-refractivity contribution in [3.8, 4) is 5.75 Å². The molecule has 1 fully saturated rings. The van der Waals surface area contributed by atoms with E-state index in [0.29, 0.717) is 18.0 Å². The highest BCUT2D eigenvalue weighted by Crippen LogP contribution is 2.27. The Labute approximate surface area is 281 Å². The van der Waals surface area contributed by atoms with E-state index in [0.717, 1.165) is 71.2 Å². The summed E-state index contributed by atoms with van der Waals surface area (Å²) in [7, 11) is 3.10. The molecule has 1 aliphatic carbocycles. The van der Waals surface area contributed by atoms with Gasteiger partial charge in [0.1, 0.15) is 23.4 Å². The zero-order valence-electron chi connectivity index (χ0n) is 26.5. The monoisotopic (exact) mass is 708 g/mol. The Morgan fingerprint density at radius 3 is 2.38 bits per heavy atom. The molecule has 4 aromatic rings. The third-order valence-electron chi connectivity index (χ3n) is 8.75. The topological polar surface area (TPSA) is 94.7 Å². The lowest BCUT2D eigenvalue weighted by Crippen LogP contribution is -2.52. The molecule has 1 heterocycles. The fourth-order valence-electron chi connectivity index (χ4n) is 6.25. The number of H-pyrrole nitrogens is 1. The minimum atomic E-state index is -1.16. The first-order valence-corrected chi connectivity index (χ1v) is 16.6. The molecule has 11 heteroatoms. The standard InChI is InChI=1S/C36H39BrF2N4O4/c1-42(29-9-11-30(47-2)12-10-29)36(46)33(16-24-14-27(38)19-28(39)15-24)41-34(44)22-43(21-23-6-4-3-5-7-23)35(45)17-25-20-40-32-13-8-26(37)18-31(25)32/h8-15,18-20,23,33,40H,3-7,16-17,21-22H2,1-2H3,(H,41,44). The Balaban J connectivity index is 1.36. The van der Waals surface area contributed by atoms with Crippen molar-refractivity contribution in [3.05, 3.63) is 94.1 Å². The van der Waals surface area contributed by atoms with E-state index in [1.165, 1.54) is 12.0 Å². The van der Waals surface area contributed by atoms with Crippen LogP contribution in [0.15, 0.2) is 71.3 Å². The van der Waals surface area contributed by atoms with Gasteiger partial charge in [0, 0.05) is 53.3 Å². The van der Waals surface area contributed by atoms with Gasteiger partial charge in [0.15, 0.2) is 0 Å². The molecule has 1 atom stereocenters. The van der Waals surface area contributed by atoms with Gasteiger partial charge in [-0.3, -0.25) is 14.4 Å². The molecule has 3 amide bonds. The Kier molecular flexibility index (Phi) is 11.3. The molecule has 1 unspecified atom stereocenters. The number of nitrogens with zero attached hydrogens (tertiary/aromatic N) is 2. The molecule has 5 rings (SSSR count). The Hall–Kier alpha value is -4.25. The first-order chi connectivity index (χ1) is 22.6. The van der Waals surface area contributed by atoms with E-state index < -0.39 is 29.5 Å². The minimum Gasteiger partial charge on any atom is -0.497 e. The fraction of sp³-hybridized carbons (Fsp3) is 0.361. The van der Waals surface area contributed by atoms with E-state index in [9.17, 15) is 23.2 Å². The number of benzene rings is 3. The van der Waals surface area contributed by atoms with Crippen molar-refractivity contribution in [3.63, 3.8) is 0 Å². The number of likely N-dealkylation sites (N-methyl/N-ethyl adjacent to an activating group) is 1. The van der Waals surface area contributed by atoms with Gasteiger partial charge in [-0.05, 0) is 84.5 Å². The van der Waals surface area contributed by atoms with Crippen LogP contribution < -0.4 is 15.0 Å². The molecule has 47 heavy (non-hydrogen) atoms. The summed E-state index contributed by atoms with van der Waals surface area (Å²) in [6, 6.07) is 14.5. The molecule has 0 saturated heterocycles. The van der Waals surface area contributed by atoms with Crippen LogP contribution in [0.3, 0.4) is 0 Å². The number of hydrogen-bond donors (Lipinski definition) is 2. The predicted octanol–water partition coefficient (Wildman–Crippen LogP) is 6.56. The zero-order valence-corrected chi connectivity index (χ0v) is 28.1. The van der Waals surface area contributed by atoms with Gasteiger partial charge >= 0.3 is 0 Å². The van der Waals surface area contributed by atoms with Crippen LogP contribution in [0.2, 0.25) is 0 Å². The van der Waals surface area contributed by atoms with E-state index in [1.54, 1.807) is 36.2 Å². The number of carbonyl (C=O) groups excluding carboxylic acids is 3. The molecule has 0 radical (unpaired) electrons. The van der Waals surface area contributed by atoms with Crippen LogP contribution in [-0.2, 0) is 27.2 Å². The number of nitrogens with one attached hydrogen (secondary N) is 2. The molecule has 8 nitrogen and oxygen atoms in total. The lowest BCUT2D eigenvalue weighted by molar-refractivity contribution is -0.137. The third kappa shape index (κ3) is 8.97. The van der Waals surface area contributed by atoms with Crippen LogP contribution in [0.25, 0.3) is 10.9 Å². The van der Waals surface area contributed by atoms with E-state index in [4.69, 9.17) is 4.74 Å². The summed E-state index contributed by atoms with van der Waals surface area (Å²) < 4.78 is 34.3. The second kappa shape index (κ2) is 15.6. The lowest BCUT2D eigenvalue weighted by Gasteiger charge is -2.30. The van der Waals surface area contributed by atoms with Crippen molar-refractivity contribution in [2.75, 3.05) is 32.1 Å². The summed E-state index contributed by atoms with van der Waals surface area (Å²) in [5.74, 6) is -1.90. The molecule has 1 saturated carbocycles. The summed E-state index contributed by atoms with van der Waals surface area (Å²) in [6.45, 7) is 0.173. The SMILES string of the molecule is COc1ccc(N(C)C(=O)C(Cc2cc(F)cc(F)c2)NC(=O)CN(CC2CCCCC2)C(=O)Cc2c[nH]c3ccc(Br)cc23)cc1. The predicted molar refractivity (Wildman–Crippen MR) is 181 cm³/mol. The number of hydrogen-bond acceptors (Lipinski definition) is 4. The number of ether oxygens (including phenoxy) is 1. The molecule has 2 N–H and O–H groups in total. The first kappa shape index (κ1) is 34.1. The van der Waals surface area contributed by atoms with Crippen LogP contribution in [0.4, 0.5) is 14.5 Å². The molecule has 0 bridgehead atoms. The largest absolute Gasteiger partial charge is 0.497 e. The number of aromatic amines is 1. The number of carbonyl (C=O) groups is 3. The maximum absolute atomic E-state index is 14.1. The van der Waals surface area contributed by atoms with Crippen LogP contribution in [0.1, 0.15) is 43.2 Å². The Bertz CT molecular complexity index is 1700. The van der Waals surface area contributed by atoms with Crippen LogP contribution in [0.5, 0.6) is 5.75 Å². The van der Waals surface area contributed by atoms with E-state index in [-0.39, 0.29) is 36.8 Å². The smallest absolute Gasteiger partial charge is 0.249 e. The van der Waals surface area contributed by atoms with Gasteiger partial charge in [-0.25, -0.2) is 8.78 Å². The number of anilines is 1. The van der Waals surface area contributed by atoms with Gasteiger partial charge in [-0.2, -0.15) is 0 Å². The molecule has 0 spiro atoms. The summed E-state index contributed by atoms with van der Waals surface area (Å²) in [6.07, 6.45) is 7.02. The first-order valence-electron chi connectivity index (χ1n) is 15.8. The third-order valence-corrected chi connectivity index (χ3v) is 9.24. The highest BCUT2D eigenvalue weighted by molar-refractivity contribution is 9.10. The average Bonchev–Trinajstić information content (AvgIpc) is 3.44. The van der Waals surface area contributed by atoms with Gasteiger partial charge < -0.3 is 24.8 Å². The van der Waals surface area contributed by atoms with E-state index in [1.807, 2.05) is 24.4 Å². The normalized spacial score (nSPS) is 14.1. The molecule has 1 aromatic heterocycles. The second-order valence-corrected chi connectivity index (χ2v) is 13.1. The van der Waals surface area contributed by atoms with Crippen molar-refractivity contribution in [2.24, 2.45) is 5.92 Å². The highest BCUT2D eigenvalue weighted by Gasteiger charge is 2.29. The Morgan fingerprint density at radius 1 is 1.00 bits per heavy atom. The summed E-state index contributed by atoms with van der Waals surface area (Å²) in [4.78, 5) is 47.5. The summed E-state index contributed by atoms with van der Waals surface area (Å²) in [5.41, 5.74) is 2.48. The number of fused-ring (bicyclic) bond motifs is 1. The van der Waals surface area contributed by atoms with Gasteiger partial charge in [0.25, 0.3) is 0 Å². The maximum Gasteiger partial charge on any atom is 0.249 e. The average molecular weight is 710 g/mol. The van der Waals surface area contributed by atoms with Gasteiger partial charge in [0.2, 0.25) is 17.7 Å². The number of rotatable bonds is 12. The van der Waals surface area contributed by atoms with Gasteiger partial charge in [-0.15, -0.1) is 0 Å². The minimum absolute atomic E-state index is 0.0988. The van der Waals surface area contributed by atoms with Gasteiger partial charge in [0.05, 0.1) is 20.1 Å². The molecule has 248 valence electrons. The van der Waals surface area contributed by atoms with Crippen molar-refractivity contribution in [1.29, 1.82) is 0 Å². The van der Waals surface area contributed by atoms with Crippen LogP contribution >= 0.6 is 15.9 Å². The number of methoxy groups -OCH3 is 1. The summed E-state index contributed by atoms with van der Waals surface area (Å²) >= 11 is 3.50. The second-order valence-electron chi connectivity index (χ2n) is 12.2. The van der Waals surface area contributed by atoms with Crippen molar-refractivity contribution in [1.82, 2.24) is 15.2 Å². The van der Waals surface area contributed by atoms with Crippen molar-refractivity contribution < 1.29 is 27.9 Å². The molecular weight excluding hydrogens is 670 g/mol. The van der Waals surface area contributed by atoms with E-state index in [2.05, 4.69) is 26.2 Å². The molecule has 3 aromatic carbocycles. The molecule has 0 aliphatic heterocycles. The maximum atomic E-state index is 14.1. The number of aromatic nitrogens is 1. The van der Waals surface area contributed by atoms with Gasteiger partial charge in [-0.1, -0.05) is 35.2 Å². The molecule has 1 aliphatic rings. The number of halogens is 3. The number of amides is 3. The highest BCUT2D eigenvalue weighted by atomic mass is 79.9. The van der Waals surface area contributed by atoms with Crippen molar-refractivity contribution in [2.45, 2.75) is 51.0 Å².